The van der Waals surface area contributed by atoms with Crippen molar-refractivity contribution in [2.24, 2.45) is 5.92 Å². The summed E-state index contributed by atoms with van der Waals surface area (Å²) in [5, 5.41) is 3.53. The van der Waals surface area contributed by atoms with Gasteiger partial charge in [-0.05, 0) is 29.8 Å². The summed E-state index contributed by atoms with van der Waals surface area (Å²) in [6.07, 6.45) is 0.246. The van der Waals surface area contributed by atoms with Gasteiger partial charge in [0.25, 0.3) is 0 Å². The van der Waals surface area contributed by atoms with Gasteiger partial charge in [0.05, 0.1) is 5.92 Å². The molecule has 0 spiro atoms. The molecule has 1 fully saturated rings. The highest BCUT2D eigenvalue weighted by atomic mass is 35.5. The number of amides is 2. The van der Waals surface area contributed by atoms with Crippen molar-refractivity contribution in [2.75, 3.05) is 11.4 Å². The van der Waals surface area contributed by atoms with Crippen molar-refractivity contribution in [3.05, 3.63) is 65.2 Å². The molecule has 2 aromatic carbocycles. The van der Waals surface area contributed by atoms with Crippen LogP contribution in [0.3, 0.4) is 0 Å². The van der Waals surface area contributed by atoms with E-state index in [1.165, 1.54) is 0 Å². The lowest BCUT2D eigenvalue weighted by Crippen LogP contribution is -2.32. The van der Waals surface area contributed by atoms with Gasteiger partial charge in [0.2, 0.25) is 11.8 Å². The summed E-state index contributed by atoms with van der Waals surface area (Å²) in [5.41, 5.74) is 1.78. The minimum Gasteiger partial charge on any atom is -0.352 e. The first-order valence-electron chi connectivity index (χ1n) is 7.51. The van der Waals surface area contributed by atoms with Crippen molar-refractivity contribution in [3.63, 3.8) is 0 Å². The topological polar surface area (TPSA) is 49.4 Å². The van der Waals surface area contributed by atoms with E-state index in [0.717, 1.165) is 11.3 Å². The van der Waals surface area contributed by atoms with E-state index in [0.29, 0.717) is 18.1 Å². The van der Waals surface area contributed by atoms with Crippen LogP contribution in [0.15, 0.2) is 54.6 Å². The maximum atomic E-state index is 12.3. The van der Waals surface area contributed by atoms with Crippen LogP contribution >= 0.6 is 11.6 Å². The highest BCUT2D eigenvalue weighted by molar-refractivity contribution is 6.30. The van der Waals surface area contributed by atoms with Gasteiger partial charge in [-0.3, -0.25) is 9.59 Å². The zero-order chi connectivity index (χ0) is 16.2. The van der Waals surface area contributed by atoms with E-state index in [1.807, 2.05) is 48.5 Å². The minimum absolute atomic E-state index is 0.0147. The van der Waals surface area contributed by atoms with Crippen LogP contribution in [0.5, 0.6) is 0 Å². The molecule has 3 rings (SSSR count). The number of hydrogen-bond acceptors (Lipinski definition) is 2. The van der Waals surface area contributed by atoms with E-state index in [-0.39, 0.29) is 24.2 Å². The number of benzene rings is 2. The summed E-state index contributed by atoms with van der Waals surface area (Å²) >= 11 is 5.93. The highest BCUT2D eigenvalue weighted by Gasteiger charge is 2.34. The number of halogens is 1. The third-order valence-electron chi connectivity index (χ3n) is 3.92. The van der Waals surface area contributed by atoms with Crippen LogP contribution < -0.4 is 10.2 Å². The maximum absolute atomic E-state index is 12.3. The van der Waals surface area contributed by atoms with Crippen molar-refractivity contribution < 1.29 is 9.59 Å². The second-order valence-corrected chi connectivity index (χ2v) is 6.03. The quantitative estimate of drug-likeness (QED) is 0.938. The van der Waals surface area contributed by atoms with Crippen LogP contribution in [0.1, 0.15) is 12.0 Å². The third-order valence-corrected chi connectivity index (χ3v) is 4.15. The smallest absolute Gasteiger partial charge is 0.227 e. The van der Waals surface area contributed by atoms with Crippen molar-refractivity contribution in [2.45, 2.75) is 13.0 Å². The molecule has 0 radical (unpaired) electrons. The average Bonchev–Trinajstić information content (AvgIpc) is 2.95. The number of para-hydroxylation sites is 1. The van der Waals surface area contributed by atoms with Gasteiger partial charge in [0.15, 0.2) is 0 Å². The Labute approximate surface area is 140 Å². The predicted octanol–water partition coefficient (Wildman–Crippen LogP) is 3.01. The molecule has 1 N–H and O–H groups in total. The number of anilines is 1. The molecule has 0 aliphatic carbocycles. The molecular weight excluding hydrogens is 312 g/mol. The molecule has 0 bridgehead atoms. The van der Waals surface area contributed by atoms with Gasteiger partial charge >= 0.3 is 0 Å². The molecule has 118 valence electrons. The van der Waals surface area contributed by atoms with E-state index in [1.54, 1.807) is 11.0 Å². The van der Waals surface area contributed by atoms with Gasteiger partial charge in [-0.25, -0.2) is 0 Å². The highest BCUT2D eigenvalue weighted by Crippen LogP contribution is 2.25. The molecule has 2 aromatic rings. The Bertz CT molecular complexity index is 718. The molecule has 1 saturated heterocycles. The lowest BCUT2D eigenvalue weighted by atomic mass is 10.1. The zero-order valence-corrected chi connectivity index (χ0v) is 13.3. The molecule has 1 aliphatic heterocycles. The Morgan fingerprint density at radius 1 is 1.17 bits per heavy atom. The fourth-order valence-corrected chi connectivity index (χ4v) is 2.93. The number of nitrogens with one attached hydrogen (secondary N) is 1. The maximum Gasteiger partial charge on any atom is 0.227 e. The Kier molecular flexibility index (Phi) is 4.63. The lowest BCUT2D eigenvalue weighted by molar-refractivity contribution is -0.126. The van der Waals surface area contributed by atoms with Crippen molar-refractivity contribution in [3.8, 4) is 0 Å². The molecule has 0 aromatic heterocycles. The van der Waals surface area contributed by atoms with Gasteiger partial charge in [-0.2, -0.15) is 0 Å². The Morgan fingerprint density at radius 2 is 1.96 bits per heavy atom. The summed E-state index contributed by atoms with van der Waals surface area (Å²) in [6, 6.07) is 16.8. The van der Waals surface area contributed by atoms with Crippen molar-refractivity contribution >= 4 is 29.1 Å². The second-order valence-electron chi connectivity index (χ2n) is 5.59. The summed E-state index contributed by atoms with van der Waals surface area (Å²) < 4.78 is 0. The number of carbonyl (C=O) groups is 2. The van der Waals surface area contributed by atoms with Gasteiger partial charge in [-0.15, -0.1) is 0 Å². The van der Waals surface area contributed by atoms with E-state index in [2.05, 4.69) is 5.32 Å². The SMILES string of the molecule is O=C(NCc1cccc(Cl)c1)[C@@H]1CC(=O)N(c2ccccc2)C1. The van der Waals surface area contributed by atoms with Crippen molar-refractivity contribution in [1.29, 1.82) is 0 Å². The van der Waals surface area contributed by atoms with Gasteiger partial charge in [0.1, 0.15) is 0 Å². The third kappa shape index (κ3) is 3.71. The van der Waals surface area contributed by atoms with Crippen LogP contribution in [0.25, 0.3) is 0 Å². The predicted molar refractivity (Wildman–Crippen MR) is 90.2 cm³/mol. The number of hydrogen-bond donors (Lipinski definition) is 1. The van der Waals surface area contributed by atoms with Gasteiger partial charge in [-0.1, -0.05) is 41.9 Å². The fourth-order valence-electron chi connectivity index (χ4n) is 2.72. The first kappa shape index (κ1) is 15.6. The zero-order valence-electron chi connectivity index (χ0n) is 12.5. The summed E-state index contributed by atoms with van der Waals surface area (Å²) in [4.78, 5) is 26.1. The molecule has 2 amide bonds. The molecular formula is C18H17ClN2O2. The van der Waals surface area contributed by atoms with Crippen LogP contribution in [-0.2, 0) is 16.1 Å². The molecule has 0 saturated carbocycles. The normalized spacial score (nSPS) is 17.3. The van der Waals surface area contributed by atoms with Crippen LogP contribution in [0, 0.1) is 5.92 Å². The molecule has 1 heterocycles. The van der Waals surface area contributed by atoms with E-state index in [9.17, 15) is 9.59 Å². The molecule has 1 atom stereocenters. The molecule has 1 aliphatic rings. The lowest BCUT2D eigenvalue weighted by Gasteiger charge is -2.16. The first-order valence-corrected chi connectivity index (χ1v) is 7.89. The average molecular weight is 329 g/mol. The molecule has 5 heteroatoms. The van der Waals surface area contributed by atoms with Crippen LogP contribution in [0.2, 0.25) is 5.02 Å². The van der Waals surface area contributed by atoms with Crippen molar-refractivity contribution in [1.82, 2.24) is 5.32 Å². The summed E-state index contributed by atoms with van der Waals surface area (Å²) in [7, 11) is 0. The summed E-state index contributed by atoms with van der Waals surface area (Å²) in [5.74, 6) is -0.433. The standard InChI is InChI=1S/C18H17ClN2O2/c19-15-6-4-5-13(9-15)11-20-18(23)14-10-17(22)21(12-14)16-7-2-1-3-8-16/h1-9,14H,10-12H2,(H,20,23)/t14-/m1/s1. The van der Waals surface area contributed by atoms with Gasteiger partial charge in [0, 0.05) is 30.2 Å². The van der Waals surface area contributed by atoms with E-state index >= 15 is 0 Å². The second kappa shape index (κ2) is 6.84. The van der Waals surface area contributed by atoms with Crippen LogP contribution in [-0.4, -0.2) is 18.4 Å². The van der Waals surface area contributed by atoms with Crippen LogP contribution in [0.4, 0.5) is 5.69 Å². The number of rotatable bonds is 4. The first-order chi connectivity index (χ1) is 11.1. The number of carbonyl (C=O) groups excluding carboxylic acids is 2. The Morgan fingerprint density at radius 3 is 2.70 bits per heavy atom. The Hall–Kier alpha value is -2.33. The Balaban J connectivity index is 1.60. The molecule has 4 nitrogen and oxygen atoms in total. The van der Waals surface area contributed by atoms with Gasteiger partial charge < -0.3 is 10.2 Å². The fraction of sp³-hybridized carbons (Fsp3) is 0.222. The number of nitrogens with zero attached hydrogens (tertiary/aromatic N) is 1. The van der Waals surface area contributed by atoms with E-state index < -0.39 is 0 Å². The minimum atomic E-state index is -0.318. The monoisotopic (exact) mass is 328 g/mol. The molecule has 0 unspecified atom stereocenters. The van der Waals surface area contributed by atoms with E-state index in [4.69, 9.17) is 11.6 Å². The summed E-state index contributed by atoms with van der Waals surface area (Å²) in [6.45, 7) is 0.833. The molecule has 23 heavy (non-hydrogen) atoms. The largest absolute Gasteiger partial charge is 0.352 e.